The first-order chi connectivity index (χ1) is 6.54. The summed E-state index contributed by atoms with van der Waals surface area (Å²) in [6, 6.07) is -0.278. The maximum Gasteiger partial charge on any atom is 0.320 e. The van der Waals surface area contributed by atoms with Crippen LogP contribution in [0.2, 0.25) is 0 Å². The Morgan fingerprint density at radius 3 is 2.29 bits per heavy atom. The predicted octanol–water partition coefficient (Wildman–Crippen LogP) is 1.83. The van der Waals surface area contributed by atoms with Gasteiger partial charge in [-0.2, -0.15) is 0 Å². The quantitative estimate of drug-likeness (QED) is 0.754. The Morgan fingerprint density at radius 1 is 1.43 bits per heavy atom. The van der Waals surface area contributed by atoms with Crippen LogP contribution in [0.15, 0.2) is 0 Å². The third-order valence-electron chi connectivity index (χ3n) is 3.01. The van der Waals surface area contributed by atoms with Crippen LogP contribution in [0.3, 0.4) is 0 Å². The second-order valence-corrected chi connectivity index (χ2v) is 4.66. The highest BCUT2D eigenvalue weighted by Gasteiger charge is 2.30. The van der Waals surface area contributed by atoms with Crippen molar-refractivity contribution in [1.82, 2.24) is 4.90 Å². The number of carbonyl (C=O) groups is 1. The van der Waals surface area contributed by atoms with Crippen LogP contribution in [0.1, 0.15) is 33.6 Å². The van der Waals surface area contributed by atoms with Crippen LogP contribution >= 0.6 is 0 Å². The fourth-order valence-electron chi connectivity index (χ4n) is 2.55. The van der Waals surface area contributed by atoms with Crippen LogP contribution in [0.5, 0.6) is 0 Å². The first-order valence-corrected chi connectivity index (χ1v) is 5.51. The first-order valence-electron chi connectivity index (χ1n) is 5.51. The summed E-state index contributed by atoms with van der Waals surface area (Å²) in [4.78, 5) is 13.1. The number of likely N-dealkylation sites (tertiary alicyclic amines) is 1. The highest BCUT2D eigenvalue weighted by Crippen LogP contribution is 2.23. The molecule has 0 saturated carbocycles. The Kier molecular flexibility index (Phi) is 3.93. The molecule has 0 spiro atoms. The lowest BCUT2D eigenvalue weighted by atomic mass is 9.90. The molecule has 1 aliphatic rings. The molecule has 1 rings (SSSR count). The Balaban J connectivity index is 2.61. The molecule has 1 aliphatic heterocycles. The van der Waals surface area contributed by atoms with E-state index < -0.39 is 5.97 Å². The largest absolute Gasteiger partial charge is 0.480 e. The average molecular weight is 199 g/mol. The summed E-state index contributed by atoms with van der Waals surface area (Å²) in [6.07, 6.45) is 1.93. The smallest absolute Gasteiger partial charge is 0.320 e. The number of hydrogen-bond acceptors (Lipinski definition) is 2. The number of piperidine rings is 1. The van der Waals surface area contributed by atoms with Crippen molar-refractivity contribution in [2.75, 3.05) is 13.1 Å². The van der Waals surface area contributed by atoms with Crippen LogP contribution in [-0.4, -0.2) is 35.1 Å². The minimum Gasteiger partial charge on any atom is -0.480 e. The third-order valence-corrected chi connectivity index (χ3v) is 3.01. The summed E-state index contributed by atoms with van der Waals surface area (Å²) in [7, 11) is 0. The molecule has 0 aliphatic carbocycles. The highest BCUT2D eigenvalue weighted by atomic mass is 16.4. The van der Waals surface area contributed by atoms with E-state index in [4.69, 9.17) is 5.11 Å². The van der Waals surface area contributed by atoms with Crippen molar-refractivity contribution in [1.29, 1.82) is 0 Å². The monoisotopic (exact) mass is 199 g/mol. The summed E-state index contributed by atoms with van der Waals surface area (Å²) in [5.74, 6) is 0.591. The van der Waals surface area contributed by atoms with E-state index in [-0.39, 0.29) is 6.04 Å². The Bertz CT molecular complexity index is 195. The van der Waals surface area contributed by atoms with Crippen molar-refractivity contribution in [3.63, 3.8) is 0 Å². The summed E-state index contributed by atoms with van der Waals surface area (Å²) in [5.41, 5.74) is 0. The van der Waals surface area contributed by atoms with Crippen molar-refractivity contribution in [2.24, 2.45) is 11.8 Å². The molecule has 1 fully saturated rings. The lowest BCUT2D eigenvalue weighted by Crippen LogP contribution is -2.48. The first kappa shape index (κ1) is 11.5. The van der Waals surface area contributed by atoms with Gasteiger partial charge in [-0.1, -0.05) is 20.8 Å². The van der Waals surface area contributed by atoms with Crippen LogP contribution in [0.4, 0.5) is 0 Å². The molecule has 1 saturated heterocycles. The molecule has 3 atom stereocenters. The van der Waals surface area contributed by atoms with Gasteiger partial charge in [-0.15, -0.1) is 0 Å². The van der Waals surface area contributed by atoms with E-state index in [1.165, 1.54) is 6.42 Å². The van der Waals surface area contributed by atoms with Crippen molar-refractivity contribution >= 4 is 5.97 Å². The van der Waals surface area contributed by atoms with Gasteiger partial charge in [0, 0.05) is 13.1 Å². The standard InChI is InChI=1S/C11H21NO2/c1-4-10(11(13)14)12-6-8(2)5-9(3)7-12/h8-10H,4-7H2,1-3H3,(H,13,14)/t8-,9+,10-/m0/s1. The van der Waals surface area contributed by atoms with Crippen molar-refractivity contribution in [3.8, 4) is 0 Å². The normalized spacial score (nSPS) is 31.4. The molecule has 0 radical (unpaired) electrons. The molecule has 0 bridgehead atoms. The molecule has 0 amide bonds. The SMILES string of the molecule is CC[C@@H](C(=O)O)N1C[C@H](C)C[C@H](C)C1. The van der Waals surface area contributed by atoms with Crippen molar-refractivity contribution in [2.45, 2.75) is 39.7 Å². The predicted molar refractivity (Wildman–Crippen MR) is 56.2 cm³/mol. The van der Waals surface area contributed by atoms with Crippen LogP contribution in [0.25, 0.3) is 0 Å². The van der Waals surface area contributed by atoms with Gasteiger partial charge >= 0.3 is 5.97 Å². The van der Waals surface area contributed by atoms with Gasteiger partial charge in [0.1, 0.15) is 6.04 Å². The number of rotatable bonds is 3. The molecule has 1 N–H and O–H groups in total. The number of aliphatic carboxylic acids is 1. The molecule has 0 aromatic rings. The lowest BCUT2D eigenvalue weighted by molar-refractivity contribution is -0.144. The van der Waals surface area contributed by atoms with Gasteiger partial charge in [-0.25, -0.2) is 0 Å². The van der Waals surface area contributed by atoms with E-state index in [1.54, 1.807) is 0 Å². The van der Waals surface area contributed by atoms with E-state index >= 15 is 0 Å². The average Bonchev–Trinajstić information content (AvgIpc) is 2.02. The molecule has 14 heavy (non-hydrogen) atoms. The zero-order valence-electron chi connectivity index (χ0n) is 9.36. The zero-order chi connectivity index (χ0) is 10.7. The van der Waals surface area contributed by atoms with Gasteiger partial charge in [0.15, 0.2) is 0 Å². The van der Waals surface area contributed by atoms with Crippen LogP contribution in [0, 0.1) is 11.8 Å². The number of carboxylic acids is 1. The fraction of sp³-hybridized carbons (Fsp3) is 0.909. The molecular weight excluding hydrogens is 178 g/mol. The maximum absolute atomic E-state index is 11.0. The summed E-state index contributed by atoms with van der Waals surface area (Å²) < 4.78 is 0. The lowest BCUT2D eigenvalue weighted by Gasteiger charge is -2.38. The third kappa shape index (κ3) is 2.71. The molecule has 0 aromatic heterocycles. The fourth-order valence-corrected chi connectivity index (χ4v) is 2.55. The molecule has 1 heterocycles. The van der Waals surface area contributed by atoms with E-state index in [9.17, 15) is 4.79 Å². The van der Waals surface area contributed by atoms with Gasteiger partial charge in [-0.05, 0) is 24.7 Å². The minimum atomic E-state index is -0.672. The minimum absolute atomic E-state index is 0.278. The number of carboxylic acid groups (broad SMARTS) is 1. The molecule has 82 valence electrons. The van der Waals surface area contributed by atoms with E-state index in [0.29, 0.717) is 18.3 Å². The van der Waals surface area contributed by atoms with Gasteiger partial charge in [0.05, 0.1) is 0 Å². The summed E-state index contributed by atoms with van der Waals surface area (Å²) >= 11 is 0. The van der Waals surface area contributed by atoms with E-state index in [2.05, 4.69) is 18.7 Å². The number of nitrogens with zero attached hydrogens (tertiary/aromatic N) is 1. The second-order valence-electron chi connectivity index (χ2n) is 4.66. The van der Waals surface area contributed by atoms with E-state index in [1.807, 2.05) is 6.92 Å². The molecule has 0 aromatic carbocycles. The summed E-state index contributed by atoms with van der Waals surface area (Å²) in [6.45, 7) is 8.24. The zero-order valence-corrected chi connectivity index (χ0v) is 9.36. The Labute approximate surface area is 86.1 Å². The van der Waals surface area contributed by atoms with Crippen molar-refractivity contribution < 1.29 is 9.90 Å². The van der Waals surface area contributed by atoms with Crippen LogP contribution < -0.4 is 0 Å². The van der Waals surface area contributed by atoms with Gasteiger partial charge in [0.2, 0.25) is 0 Å². The molecule has 0 unspecified atom stereocenters. The van der Waals surface area contributed by atoms with E-state index in [0.717, 1.165) is 13.1 Å². The van der Waals surface area contributed by atoms with Gasteiger partial charge in [0.25, 0.3) is 0 Å². The van der Waals surface area contributed by atoms with Gasteiger partial charge < -0.3 is 5.11 Å². The van der Waals surface area contributed by atoms with Crippen molar-refractivity contribution in [3.05, 3.63) is 0 Å². The molecule has 3 nitrogen and oxygen atoms in total. The Morgan fingerprint density at radius 2 is 1.93 bits per heavy atom. The molecular formula is C11H21NO2. The van der Waals surface area contributed by atoms with Gasteiger partial charge in [-0.3, -0.25) is 9.69 Å². The highest BCUT2D eigenvalue weighted by molar-refractivity contribution is 5.73. The second kappa shape index (κ2) is 4.78. The van der Waals surface area contributed by atoms with Crippen LogP contribution in [-0.2, 0) is 4.79 Å². The molecule has 3 heteroatoms. The topological polar surface area (TPSA) is 40.5 Å². The Hall–Kier alpha value is -0.570. The maximum atomic E-state index is 11.0. The number of hydrogen-bond donors (Lipinski definition) is 1. The summed E-state index contributed by atoms with van der Waals surface area (Å²) in [5, 5.41) is 9.06.